The van der Waals surface area contributed by atoms with Gasteiger partial charge in [0, 0.05) is 25.9 Å². The summed E-state index contributed by atoms with van der Waals surface area (Å²) in [4.78, 5) is 29.3. The van der Waals surface area contributed by atoms with E-state index in [1.807, 2.05) is 0 Å². The van der Waals surface area contributed by atoms with Crippen LogP contribution in [-0.4, -0.2) is 75.2 Å². The molecule has 0 radical (unpaired) electrons. The lowest BCUT2D eigenvalue weighted by Crippen LogP contribution is -2.33. The molecule has 0 rings (SSSR count). The van der Waals surface area contributed by atoms with Crippen molar-refractivity contribution in [3.63, 3.8) is 0 Å². The summed E-state index contributed by atoms with van der Waals surface area (Å²) >= 11 is 0. The highest BCUT2D eigenvalue weighted by Gasteiger charge is 2.08. The van der Waals surface area contributed by atoms with Crippen LogP contribution in [0.4, 0.5) is 0 Å². The fraction of sp³-hybridized carbons (Fsp3) is 0.815. The first-order valence-corrected chi connectivity index (χ1v) is 25.8. The quantitative estimate of drug-likeness (QED) is 0.0346. The zero-order valence-electron chi connectivity index (χ0n) is 40.4. The van der Waals surface area contributed by atoms with E-state index in [0.29, 0.717) is 26.1 Å². The van der Waals surface area contributed by atoms with Crippen LogP contribution in [0.3, 0.4) is 0 Å². The van der Waals surface area contributed by atoms with Gasteiger partial charge in [-0.2, -0.15) is 0 Å². The fourth-order valence-corrected chi connectivity index (χ4v) is 7.29. The summed E-state index contributed by atoms with van der Waals surface area (Å²) in [5.74, 6) is -0.0447. The van der Waals surface area contributed by atoms with Crippen molar-refractivity contribution in [2.45, 2.75) is 232 Å². The maximum absolute atomic E-state index is 12.2. The van der Waals surface area contributed by atoms with Gasteiger partial charge in [0.05, 0.1) is 13.2 Å². The van der Waals surface area contributed by atoms with E-state index in [2.05, 4.69) is 86.4 Å². The number of likely N-dealkylation sites (N-methyl/N-ethyl adjacent to an activating group) is 1. The second-order valence-electron chi connectivity index (χ2n) is 17.6. The molecular weight excluding hydrogens is 741 g/mol. The van der Waals surface area contributed by atoms with Crippen LogP contribution < -0.4 is 0 Å². The fourth-order valence-electron chi connectivity index (χ4n) is 7.29. The lowest BCUT2D eigenvalue weighted by atomic mass is 10.1. The van der Waals surface area contributed by atoms with E-state index < -0.39 is 0 Å². The Morgan fingerprint density at radius 3 is 1.08 bits per heavy atom. The minimum atomic E-state index is -0.0223. The van der Waals surface area contributed by atoms with Gasteiger partial charge in [0.2, 0.25) is 0 Å². The predicted molar refractivity (Wildman–Crippen MR) is 262 cm³/mol. The molecule has 0 aliphatic rings. The number of nitrogens with zero attached hydrogens (tertiary/aromatic N) is 2. The molecule has 0 bridgehead atoms. The monoisotopic (exact) mass is 841 g/mol. The third-order valence-corrected chi connectivity index (χ3v) is 11.3. The zero-order valence-corrected chi connectivity index (χ0v) is 40.4. The highest BCUT2D eigenvalue weighted by Crippen LogP contribution is 2.12. The average molecular weight is 841 g/mol. The van der Waals surface area contributed by atoms with E-state index in [1.54, 1.807) is 0 Å². The highest BCUT2D eigenvalue weighted by atomic mass is 16.5. The SMILES string of the molecule is CCCCC/C=C\C/C=C\CCCCCCCCOC(=O)CCCCCCN(CCCCCCC(=O)OCCCCCCCC/C=C\C/C=C\CCCCC)CCN(C)C. The predicted octanol–water partition coefficient (Wildman–Crippen LogP) is 15.5. The molecule has 0 fully saturated rings. The maximum atomic E-state index is 12.2. The Kier molecular flexibility index (Phi) is 47.7. The number of esters is 2. The zero-order chi connectivity index (χ0) is 43.7. The molecule has 0 aromatic heterocycles. The first-order chi connectivity index (χ1) is 29.5. The lowest BCUT2D eigenvalue weighted by Gasteiger charge is -2.24. The van der Waals surface area contributed by atoms with Gasteiger partial charge in [0.15, 0.2) is 0 Å². The second kappa shape index (κ2) is 49.5. The van der Waals surface area contributed by atoms with E-state index in [0.717, 1.165) is 103 Å². The Bertz CT molecular complexity index is 945. The summed E-state index contributed by atoms with van der Waals surface area (Å²) in [7, 11) is 4.29. The van der Waals surface area contributed by atoms with Crippen molar-refractivity contribution in [1.29, 1.82) is 0 Å². The van der Waals surface area contributed by atoms with Crippen molar-refractivity contribution >= 4 is 11.9 Å². The molecule has 0 unspecified atom stereocenters. The minimum Gasteiger partial charge on any atom is -0.466 e. The van der Waals surface area contributed by atoms with Crippen LogP contribution in [0.5, 0.6) is 0 Å². The van der Waals surface area contributed by atoms with Crippen LogP contribution in [0.15, 0.2) is 48.6 Å². The summed E-state index contributed by atoms with van der Waals surface area (Å²) in [6.45, 7) is 10.1. The largest absolute Gasteiger partial charge is 0.466 e. The van der Waals surface area contributed by atoms with Gasteiger partial charge >= 0.3 is 11.9 Å². The van der Waals surface area contributed by atoms with Crippen LogP contribution in [0.1, 0.15) is 232 Å². The molecule has 0 N–H and O–H groups in total. The van der Waals surface area contributed by atoms with Gasteiger partial charge in [-0.05, 0) is 130 Å². The van der Waals surface area contributed by atoms with Crippen molar-refractivity contribution in [2.24, 2.45) is 0 Å². The molecule has 6 nitrogen and oxygen atoms in total. The molecule has 0 aliphatic carbocycles. The normalized spacial score (nSPS) is 12.2. The second-order valence-corrected chi connectivity index (χ2v) is 17.6. The molecule has 0 amide bonds. The van der Waals surface area contributed by atoms with Gasteiger partial charge in [-0.25, -0.2) is 0 Å². The Labute approximate surface area is 373 Å². The number of ether oxygens (including phenoxy) is 2. The van der Waals surface area contributed by atoms with E-state index in [9.17, 15) is 9.59 Å². The van der Waals surface area contributed by atoms with Gasteiger partial charge in [0.25, 0.3) is 0 Å². The molecule has 6 heteroatoms. The summed E-state index contributed by atoms with van der Waals surface area (Å²) in [5, 5.41) is 0. The molecule has 0 saturated carbocycles. The molecule has 60 heavy (non-hydrogen) atoms. The number of allylic oxidation sites excluding steroid dienone is 8. The Hall–Kier alpha value is -2.18. The summed E-state index contributed by atoms with van der Waals surface area (Å²) < 4.78 is 11.0. The summed E-state index contributed by atoms with van der Waals surface area (Å²) in [5.41, 5.74) is 0. The first-order valence-electron chi connectivity index (χ1n) is 25.8. The van der Waals surface area contributed by atoms with E-state index in [4.69, 9.17) is 9.47 Å². The number of carbonyl (C=O) groups excluding carboxylic acids is 2. The number of hydrogen-bond acceptors (Lipinski definition) is 6. The molecule has 0 saturated heterocycles. The Balaban J connectivity index is 3.70. The minimum absolute atomic E-state index is 0.0223. The number of hydrogen-bond donors (Lipinski definition) is 0. The van der Waals surface area contributed by atoms with E-state index in [1.165, 1.54) is 128 Å². The highest BCUT2D eigenvalue weighted by molar-refractivity contribution is 5.69. The van der Waals surface area contributed by atoms with Gasteiger partial charge in [0.1, 0.15) is 0 Å². The molecule has 350 valence electrons. The van der Waals surface area contributed by atoms with Gasteiger partial charge in [-0.3, -0.25) is 9.59 Å². The van der Waals surface area contributed by atoms with Crippen molar-refractivity contribution in [1.82, 2.24) is 9.80 Å². The van der Waals surface area contributed by atoms with Crippen LogP contribution >= 0.6 is 0 Å². The molecule has 0 aliphatic heterocycles. The molecule has 0 aromatic carbocycles. The first kappa shape index (κ1) is 57.8. The van der Waals surface area contributed by atoms with Crippen LogP contribution in [0.2, 0.25) is 0 Å². The lowest BCUT2D eigenvalue weighted by molar-refractivity contribution is -0.144. The third kappa shape index (κ3) is 48.5. The smallest absolute Gasteiger partial charge is 0.305 e. The van der Waals surface area contributed by atoms with Gasteiger partial charge < -0.3 is 19.3 Å². The maximum Gasteiger partial charge on any atom is 0.305 e. The van der Waals surface area contributed by atoms with Crippen LogP contribution in [0.25, 0.3) is 0 Å². The molecule has 0 spiro atoms. The Morgan fingerprint density at radius 1 is 0.367 bits per heavy atom. The van der Waals surface area contributed by atoms with Crippen molar-refractivity contribution < 1.29 is 19.1 Å². The van der Waals surface area contributed by atoms with E-state index in [-0.39, 0.29) is 11.9 Å². The van der Waals surface area contributed by atoms with Crippen molar-refractivity contribution in [3.8, 4) is 0 Å². The molecule has 0 atom stereocenters. The van der Waals surface area contributed by atoms with Crippen LogP contribution in [-0.2, 0) is 19.1 Å². The average Bonchev–Trinajstić information content (AvgIpc) is 3.24. The van der Waals surface area contributed by atoms with Crippen molar-refractivity contribution in [2.75, 3.05) is 53.5 Å². The summed E-state index contributed by atoms with van der Waals surface area (Å²) in [6.07, 6.45) is 57.7. The molecule has 0 heterocycles. The van der Waals surface area contributed by atoms with Gasteiger partial charge in [-0.15, -0.1) is 0 Å². The third-order valence-electron chi connectivity index (χ3n) is 11.3. The molecule has 0 aromatic rings. The van der Waals surface area contributed by atoms with Crippen LogP contribution in [0, 0.1) is 0 Å². The summed E-state index contributed by atoms with van der Waals surface area (Å²) in [6, 6.07) is 0. The standard InChI is InChI=1S/C54H100N2O4/c1-5-7-9-11-13-15-17-19-21-23-25-27-29-31-37-43-51-59-53(57)45-39-33-35-41-47-56(50-49-55(3)4)48-42-36-34-40-46-54(58)60-52-44-38-32-30-28-26-24-22-20-18-16-14-12-10-8-6-2/h13-16,19-22H,5-12,17-18,23-52H2,1-4H3/b15-13-,16-14-,21-19-,22-20-. The topological polar surface area (TPSA) is 59.1 Å². The van der Waals surface area contributed by atoms with Crippen molar-refractivity contribution in [3.05, 3.63) is 48.6 Å². The molecular formula is C54H100N2O4. The Morgan fingerprint density at radius 2 is 0.700 bits per heavy atom. The van der Waals surface area contributed by atoms with Gasteiger partial charge in [-0.1, -0.05) is 165 Å². The van der Waals surface area contributed by atoms with E-state index >= 15 is 0 Å². The number of rotatable bonds is 47. The number of unbranched alkanes of at least 4 members (excludes halogenated alkanes) is 24. The number of carbonyl (C=O) groups is 2.